The summed E-state index contributed by atoms with van der Waals surface area (Å²) in [6.07, 6.45) is 3.97. The number of aromatic nitrogens is 5. The predicted octanol–water partition coefficient (Wildman–Crippen LogP) is 3.72. The molecule has 0 unspecified atom stereocenters. The van der Waals surface area contributed by atoms with Gasteiger partial charge >= 0.3 is 0 Å². The lowest BCUT2D eigenvalue weighted by Gasteiger charge is -2.17. The van der Waals surface area contributed by atoms with Gasteiger partial charge in [0.1, 0.15) is 0 Å². The van der Waals surface area contributed by atoms with Crippen LogP contribution in [-0.2, 0) is 12.6 Å². The van der Waals surface area contributed by atoms with E-state index >= 15 is 0 Å². The summed E-state index contributed by atoms with van der Waals surface area (Å²) in [7, 11) is 1.90. The van der Waals surface area contributed by atoms with Crippen molar-refractivity contribution in [1.29, 1.82) is 0 Å². The lowest BCUT2D eigenvalue weighted by Crippen LogP contribution is -2.34. The zero-order valence-corrected chi connectivity index (χ0v) is 16.0. The van der Waals surface area contributed by atoms with Gasteiger partial charge in [-0.05, 0) is 25.8 Å². The van der Waals surface area contributed by atoms with E-state index in [4.69, 9.17) is 20.2 Å². The van der Waals surface area contributed by atoms with Gasteiger partial charge in [0.05, 0.1) is 27.9 Å². The molecule has 1 aromatic carbocycles. The van der Waals surface area contributed by atoms with Gasteiger partial charge in [0.15, 0.2) is 11.5 Å². The summed E-state index contributed by atoms with van der Waals surface area (Å²) in [5.74, 6) is 1.06. The summed E-state index contributed by atoms with van der Waals surface area (Å²) in [4.78, 5) is 9.54. The smallest absolute Gasteiger partial charge is 0.258 e. The van der Waals surface area contributed by atoms with E-state index in [1.165, 1.54) is 0 Å². The normalized spacial score (nSPS) is 16.1. The minimum atomic E-state index is -0.486. The highest BCUT2D eigenvalue weighted by molar-refractivity contribution is 5.95. The predicted molar refractivity (Wildman–Crippen MR) is 106 cm³/mol. The van der Waals surface area contributed by atoms with Crippen LogP contribution in [0, 0.1) is 6.92 Å². The van der Waals surface area contributed by atoms with Gasteiger partial charge in [0.2, 0.25) is 0 Å². The average Bonchev–Trinajstić information content (AvgIpc) is 3.43. The van der Waals surface area contributed by atoms with Crippen LogP contribution >= 0.6 is 0 Å². The monoisotopic (exact) mass is 374 g/mol. The van der Waals surface area contributed by atoms with Crippen molar-refractivity contribution in [3.8, 4) is 22.7 Å². The molecule has 4 aromatic rings. The first kappa shape index (κ1) is 17.1. The third-order valence-electron chi connectivity index (χ3n) is 5.64. The molecular formula is C21H22N6O. The highest BCUT2D eigenvalue weighted by Gasteiger charge is 2.36. The summed E-state index contributed by atoms with van der Waals surface area (Å²) in [5, 5.41) is 9.71. The van der Waals surface area contributed by atoms with Crippen LogP contribution in [0.2, 0.25) is 0 Å². The first-order valence-corrected chi connectivity index (χ1v) is 9.58. The molecule has 0 amide bonds. The van der Waals surface area contributed by atoms with Crippen molar-refractivity contribution in [2.45, 2.75) is 38.1 Å². The van der Waals surface area contributed by atoms with E-state index in [-0.39, 0.29) is 0 Å². The fourth-order valence-electron chi connectivity index (χ4n) is 4.13. The topological polar surface area (TPSA) is 95.7 Å². The molecule has 0 spiro atoms. The molecule has 1 aliphatic rings. The Hall–Kier alpha value is -3.06. The fraction of sp³-hybridized carbons (Fsp3) is 0.333. The summed E-state index contributed by atoms with van der Waals surface area (Å²) >= 11 is 0. The Morgan fingerprint density at radius 1 is 1.11 bits per heavy atom. The van der Waals surface area contributed by atoms with Crippen LogP contribution in [0.15, 0.2) is 40.9 Å². The van der Waals surface area contributed by atoms with Crippen molar-refractivity contribution in [2.75, 3.05) is 0 Å². The molecular weight excluding hydrogens is 352 g/mol. The molecule has 28 heavy (non-hydrogen) atoms. The largest absolute Gasteiger partial charge is 0.334 e. The number of rotatable bonds is 3. The molecule has 0 saturated heterocycles. The van der Waals surface area contributed by atoms with E-state index in [1.807, 2.05) is 50.4 Å². The maximum atomic E-state index is 6.53. The molecule has 0 radical (unpaired) electrons. The van der Waals surface area contributed by atoms with E-state index in [1.54, 1.807) is 4.68 Å². The van der Waals surface area contributed by atoms with E-state index < -0.39 is 5.54 Å². The minimum Gasteiger partial charge on any atom is -0.334 e. The van der Waals surface area contributed by atoms with Gasteiger partial charge in [-0.15, -0.1) is 0 Å². The van der Waals surface area contributed by atoms with Crippen molar-refractivity contribution < 1.29 is 4.52 Å². The number of pyridine rings is 1. The van der Waals surface area contributed by atoms with Gasteiger partial charge in [0, 0.05) is 12.6 Å². The highest BCUT2D eigenvalue weighted by Crippen LogP contribution is 2.37. The molecule has 2 N–H and O–H groups in total. The number of fused-ring (bicyclic) bond motifs is 1. The zero-order valence-electron chi connectivity index (χ0n) is 16.0. The van der Waals surface area contributed by atoms with E-state index in [9.17, 15) is 0 Å². The maximum Gasteiger partial charge on any atom is 0.258 e. The van der Waals surface area contributed by atoms with E-state index in [0.29, 0.717) is 11.7 Å². The molecule has 0 atom stereocenters. The number of hydrogen-bond acceptors (Lipinski definition) is 6. The zero-order chi connectivity index (χ0) is 19.3. The standard InChI is InChI=1S/C21H22N6O/c1-13-17-15(19-24-20(26-28-19)21(22)10-6-7-11-21)12-16(14-8-4-3-5-9-14)23-18(17)27(2)25-13/h3-5,8-9,12H,6-7,10-11,22H2,1-2H3. The second-order valence-electron chi connectivity index (χ2n) is 7.62. The Bertz CT molecular complexity index is 1150. The lowest BCUT2D eigenvalue weighted by atomic mass is 9.98. The third-order valence-corrected chi connectivity index (χ3v) is 5.64. The Morgan fingerprint density at radius 3 is 2.61 bits per heavy atom. The van der Waals surface area contributed by atoms with Crippen LogP contribution < -0.4 is 5.73 Å². The summed E-state index contributed by atoms with van der Waals surface area (Å²) < 4.78 is 7.48. The molecule has 1 saturated carbocycles. The first-order chi connectivity index (χ1) is 13.5. The van der Waals surface area contributed by atoms with Gasteiger partial charge in [-0.3, -0.25) is 4.68 Å². The maximum absolute atomic E-state index is 6.53. The Morgan fingerprint density at radius 2 is 1.86 bits per heavy atom. The second-order valence-corrected chi connectivity index (χ2v) is 7.62. The molecule has 3 aromatic heterocycles. The van der Waals surface area contributed by atoms with Crippen LogP contribution in [0.25, 0.3) is 33.7 Å². The molecule has 1 fully saturated rings. The van der Waals surface area contributed by atoms with Gasteiger partial charge in [-0.2, -0.15) is 10.1 Å². The van der Waals surface area contributed by atoms with Crippen molar-refractivity contribution >= 4 is 11.0 Å². The van der Waals surface area contributed by atoms with Crippen molar-refractivity contribution in [2.24, 2.45) is 12.8 Å². The lowest BCUT2D eigenvalue weighted by molar-refractivity contribution is 0.373. The van der Waals surface area contributed by atoms with E-state index in [0.717, 1.165) is 59.2 Å². The van der Waals surface area contributed by atoms with Crippen LogP contribution in [-0.4, -0.2) is 24.9 Å². The Labute approximate surface area is 162 Å². The van der Waals surface area contributed by atoms with Gasteiger partial charge in [0.25, 0.3) is 5.89 Å². The number of nitrogens with zero attached hydrogens (tertiary/aromatic N) is 5. The van der Waals surface area contributed by atoms with Gasteiger partial charge < -0.3 is 10.3 Å². The number of aryl methyl sites for hydroxylation is 2. The van der Waals surface area contributed by atoms with Crippen molar-refractivity contribution in [1.82, 2.24) is 24.9 Å². The average molecular weight is 374 g/mol. The summed E-state index contributed by atoms with van der Waals surface area (Å²) in [6, 6.07) is 12.1. The Kier molecular flexibility index (Phi) is 3.80. The third kappa shape index (κ3) is 2.62. The number of hydrogen-bond donors (Lipinski definition) is 1. The fourth-order valence-corrected chi connectivity index (χ4v) is 4.13. The van der Waals surface area contributed by atoms with Crippen LogP contribution in [0.4, 0.5) is 0 Å². The van der Waals surface area contributed by atoms with Gasteiger partial charge in [-0.25, -0.2) is 4.98 Å². The van der Waals surface area contributed by atoms with Crippen LogP contribution in [0.1, 0.15) is 37.2 Å². The number of benzene rings is 1. The quantitative estimate of drug-likeness (QED) is 0.587. The highest BCUT2D eigenvalue weighted by atomic mass is 16.5. The molecule has 7 heteroatoms. The van der Waals surface area contributed by atoms with Gasteiger partial charge in [-0.1, -0.05) is 48.3 Å². The second kappa shape index (κ2) is 6.24. The first-order valence-electron chi connectivity index (χ1n) is 9.58. The van der Waals surface area contributed by atoms with E-state index in [2.05, 4.69) is 10.3 Å². The molecule has 142 valence electrons. The van der Waals surface area contributed by atoms with Crippen LogP contribution in [0.5, 0.6) is 0 Å². The van der Waals surface area contributed by atoms with Crippen molar-refractivity contribution in [3.63, 3.8) is 0 Å². The molecule has 5 rings (SSSR count). The molecule has 0 aliphatic heterocycles. The molecule has 1 aliphatic carbocycles. The van der Waals surface area contributed by atoms with Crippen LogP contribution in [0.3, 0.4) is 0 Å². The SMILES string of the molecule is Cc1nn(C)c2nc(-c3ccccc3)cc(-c3nc(C4(N)CCCC4)no3)c12. The van der Waals surface area contributed by atoms with Crippen molar-refractivity contribution in [3.05, 3.63) is 47.9 Å². The minimum absolute atomic E-state index is 0.465. The Balaban J connectivity index is 1.71. The summed E-state index contributed by atoms with van der Waals surface area (Å²) in [6.45, 7) is 1.97. The molecule has 3 heterocycles. The molecule has 0 bridgehead atoms. The summed E-state index contributed by atoms with van der Waals surface area (Å²) in [5.41, 5.74) is 10.4. The number of nitrogens with two attached hydrogens (primary N) is 1. The molecule has 7 nitrogen and oxygen atoms in total.